The van der Waals surface area contributed by atoms with Crippen LogP contribution in [0, 0.1) is 0 Å². The van der Waals surface area contributed by atoms with Gasteiger partial charge in [0.25, 0.3) is 0 Å². The highest BCUT2D eigenvalue weighted by Gasteiger charge is 2.31. The van der Waals surface area contributed by atoms with Crippen LogP contribution in [0.5, 0.6) is 0 Å². The minimum atomic E-state index is 0.0693. The topological polar surface area (TPSA) is 17.1 Å². The van der Waals surface area contributed by atoms with Crippen molar-refractivity contribution in [3.63, 3.8) is 0 Å². The van der Waals surface area contributed by atoms with Crippen molar-refractivity contribution in [3.05, 3.63) is 11.1 Å². The monoisotopic (exact) mass is 163 g/mol. The van der Waals surface area contributed by atoms with Gasteiger partial charge in [-0.25, -0.2) is 0 Å². The summed E-state index contributed by atoms with van der Waals surface area (Å²) in [6.45, 7) is 8.34. The van der Waals surface area contributed by atoms with Crippen molar-refractivity contribution in [1.29, 1.82) is 0 Å². The molecule has 2 heteroatoms. The summed E-state index contributed by atoms with van der Waals surface area (Å²) in [5, 5.41) is 0.0693. The van der Waals surface area contributed by atoms with E-state index in [-0.39, 0.29) is 11.0 Å². The Balaban J connectivity index is 2.95. The van der Waals surface area contributed by atoms with E-state index in [4.69, 9.17) is 0 Å². The quantitative estimate of drug-likeness (QED) is 0.543. The van der Waals surface area contributed by atoms with Gasteiger partial charge in [0, 0.05) is 0 Å². The Labute approximate surface area is 75.5 Å². The van der Waals surface area contributed by atoms with Crippen LogP contribution in [0.2, 0.25) is 5.31 Å². The molecule has 1 heterocycles. The van der Waals surface area contributed by atoms with Gasteiger partial charge in [0.15, 0.2) is 0 Å². The molecule has 1 aliphatic rings. The Kier molecular flexibility index (Phi) is 2.45. The Hall–Kier alpha value is -0.525. The van der Waals surface area contributed by atoms with Crippen molar-refractivity contribution < 1.29 is 4.79 Å². The Morgan fingerprint density at radius 1 is 1.50 bits per heavy atom. The van der Waals surface area contributed by atoms with Crippen molar-refractivity contribution in [1.82, 2.24) is 0 Å². The Morgan fingerprint density at radius 2 is 2.08 bits per heavy atom. The van der Waals surface area contributed by atoms with Gasteiger partial charge in [0.2, 0.25) is 7.28 Å². The maximum Gasteiger partial charge on any atom is 0.215 e. The van der Waals surface area contributed by atoms with Crippen LogP contribution in [-0.4, -0.2) is 13.0 Å². The summed E-state index contributed by atoms with van der Waals surface area (Å²) in [4.78, 5) is 11.5. The lowest BCUT2D eigenvalue weighted by Crippen LogP contribution is -2.29. The number of hydrogen-bond acceptors (Lipinski definition) is 1. The number of allylic oxidation sites excluding steroid dienone is 2. The number of rotatable bonds is 1. The lowest BCUT2D eigenvalue weighted by molar-refractivity contribution is -0.109. The van der Waals surface area contributed by atoms with Crippen molar-refractivity contribution >= 4 is 13.0 Å². The molecule has 0 spiro atoms. The van der Waals surface area contributed by atoms with Gasteiger partial charge in [-0.05, 0) is 25.3 Å². The first-order valence-electron chi connectivity index (χ1n) is 4.55. The zero-order valence-electron chi connectivity index (χ0n) is 8.40. The number of carbonyl (C=O) groups is 1. The predicted molar refractivity (Wildman–Crippen MR) is 52.4 cm³/mol. The molecule has 0 aromatic heterocycles. The zero-order chi connectivity index (χ0) is 9.35. The lowest BCUT2D eigenvalue weighted by Gasteiger charge is -2.29. The minimum Gasteiger partial charge on any atom is -0.307 e. The summed E-state index contributed by atoms with van der Waals surface area (Å²) >= 11 is 0. The van der Waals surface area contributed by atoms with Crippen molar-refractivity contribution in [3.8, 4) is 0 Å². The average molecular weight is 163 g/mol. The van der Waals surface area contributed by atoms with Crippen LogP contribution in [0.3, 0.4) is 0 Å². The fourth-order valence-electron chi connectivity index (χ4n) is 1.97. The smallest absolute Gasteiger partial charge is 0.215 e. The van der Waals surface area contributed by atoms with Crippen molar-refractivity contribution in [2.24, 2.45) is 0 Å². The highest BCUT2D eigenvalue weighted by molar-refractivity contribution is 6.79. The minimum absolute atomic E-state index is 0.0693. The molecule has 0 saturated carbocycles. The maximum absolute atomic E-state index is 11.5. The van der Waals surface area contributed by atoms with Crippen LogP contribution in [-0.2, 0) is 4.79 Å². The van der Waals surface area contributed by atoms with Crippen molar-refractivity contribution in [2.75, 3.05) is 0 Å². The molecular formula is C10H16BO. The average Bonchev–Trinajstić information content (AvgIpc) is 1.82. The third-order valence-corrected chi connectivity index (χ3v) is 2.41. The molecule has 1 aliphatic heterocycles. The summed E-state index contributed by atoms with van der Waals surface area (Å²) in [5.74, 6) is 0. The molecule has 1 rings (SSSR count). The third-order valence-electron chi connectivity index (χ3n) is 2.41. The first-order chi connectivity index (χ1) is 5.46. The molecule has 12 heavy (non-hydrogen) atoms. The molecule has 1 nitrogen and oxygen atoms in total. The SMILES string of the molecule is CCC1=C(C)CC(C)(C)[B]C1=O. The van der Waals surface area contributed by atoms with Crippen LogP contribution < -0.4 is 0 Å². The number of hydrogen-bond donors (Lipinski definition) is 0. The second-order valence-corrected chi connectivity index (χ2v) is 4.29. The van der Waals surface area contributed by atoms with E-state index in [1.807, 2.05) is 14.2 Å². The summed E-state index contributed by atoms with van der Waals surface area (Å²) < 4.78 is 0. The Bertz CT molecular complexity index is 238. The van der Waals surface area contributed by atoms with Crippen LogP contribution in [0.25, 0.3) is 0 Å². The van der Waals surface area contributed by atoms with Crippen LogP contribution in [0.1, 0.15) is 40.5 Å². The van der Waals surface area contributed by atoms with E-state index in [1.165, 1.54) is 5.57 Å². The molecule has 0 aromatic carbocycles. The van der Waals surface area contributed by atoms with E-state index in [2.05, 4.69) is 20.8 Å². The molecule has 0 N–H and O–H groups in total. The summed E-state index contributed by atoms with van der Waals surface area (Å²) in [7, 11) is 1.86. The van der Waals surface area contributed by atoms with Gasteiger partial charge in [-0.2, -0.15) is 0 Å². The molecule has 0 amide bonds. The third kappa shape index (κ3) is 1.79. The van der Waals surface area contributed by atoms with Gasteiger partial charge in [-0.15, -0.1) is 0 Å². The Morgan fingerprint density at radius 3 is 2.50 bits per heavy atom. The standard InChI is InChI=1S/C10H16BO/c1-5-8-7(2)6-10(3,4)11-9(8)12/h5-6H2,1-4H3. The normalized spacial score (nSPS) is 22.5. The van der Waals surface area contributed by atoms with Gasteiger partial charge in [0.05, 0.1) is 0 Å². The van der Waals surface area contributed by atoms with E-state index < -0.39 is 0 Å². The molecule has 0 fully saturated rings. The molecule has 65 valence electrons. The largest absolute Gasteiger partial charge is 0.307 e. The van der Waals surface area contributed by atoms with Crippen molar-refractivity contribution in [2.45, 2.75) is 45.9 Å². The van der Waals surface area contributed by atoms with Gasteiger partial charge in [-0.3, -0.25) is 0 Å². The van der Waals surface area contributed by atoms with Gasteiger partial charge in [-0.1, -0.05) is 31.7 Å². The van der Waals surface area contributed by atoms with Gasteiger partial charge in [0.1, 0.15) is 5.68 Å². The van der Waals surface area contributed by atoms with Gasteiger partial charge < -0.3 is 4.79 Å². The lowest BCUT2D eigenvalue weighted by atomic mass is 9.45. The molecule has 1 radical (unpaired) electrons. The molecule has 0 aliphatic carbocycles. The molecule has 0 aromatic rings. The fraction of sp³-hybridized carbons (Fsp3) is 0.700. The molecule has 0 bridgehead atoms. The predicted octanol–water partition coefficient (Wildman–Crippen LogP) is 2.55. The second kappa shape index (κ2) is 3.08. The second-order valence-electron chi connectivity index (χ2n) is 4.29. The fourth-order valence-corrected chi connectivity index (χ4v) is 1.97. The molecule has 0 unspecified atom stereocenters. The number of carbonyl (C=O) groups excluding carboxylic acids is 1. The summed E-state index contributed by atoms with van der Waals surface area (Å²) in [6.07, 6.45) is 1.90. The zero-order valence-corrected chi connectivity index (χ0v) is 8.40. The van der Waals surface area contributed by atoms with E-state index in [0.29, 0.717) is 0 Å². The van der Waals surface area contributed by atoms with Gasteiger partial charge >= 0.3 is 0 Å². The first kappa shape index (κ1) is 9.56. The van der Waals surface area contributed by atoms with E-state index in [1.54, 1.807) is 0 Å². The highest BCUT2D eigenvalue weighted by Crippen LogP contribution is 2.37. The van der Waals surface area contributed by atoms with Crippen LogP contribution in [0.15, 0.2) is 11.1 Å². The maximum atomic E-state index is 11.5. The highest BCUT2D eigenvalue weighted by atomic mass is 16.1. The molecule has 0 atom stereocenters. The van der Waals surface area contributed by atoms with Crippen LogP contribution >= 0.6 is 0 Å². The molecule has 0 saturated heterocycles. The molecular weight excluding hydrogens is 147 g/mol. The van der Waals surface area contributed by atoms with Crippen LogP contribution in [0.4, 0.5) is 0 Å². The summed E-state index contributed by atoms with van der Waals surface area (Å²) in [6, 6.07) is 0. The summed E-state index contributed by atoms with van der Waals surface area (Å²) in [5.41, 5.74) is 2.54. The van der Waals surface area contributed by atoms with E-state index >= 15 is 0 Å². The van der Waals surface area contributed by atoms with E-state index in [0.717, 1.165) is 18.4 Å². The van der Waals surface area contributed by atoms with E-state index in [9.17, 15) is 4.79 Å². The first-order valence-corrected chi connectivity index (χ1v) is 4.55.